The number of thiophene rings is 1. The van der Waals surface area contributed by atoms with Crippen LogP contribution in [0.25, 0.3) is 0 Å². The molecule has 23 heavy (non-hydrogen) atoms. The zero-order valence-electron chi connectivity index (χ0n) is 12.7. The van der Waals surface area contributed by atoms with Crippen LogP contribution in [-0.2, 0) is 10.9 Å². The number of carbonyl (C=O) groups is 1. The van der Waals surface area contributed by atoms with Crippen LogP contribution in [0.5, 0.6) is 5.75 Å². The molecular formula is C13H17BF3NO4S. The van der Waals surface area contributed by atoms with Crippen LogP contribution in [0, 0.1) is 0 Å². The molecule has 2 rings (SSSR count). The molecule has 1 aliphatic rings. The van der Waals surface area contributed by atoms with Gasteiger partial charge in [0.25, 0.3) is 0 Å². The topological polar surface area (TPSA) is 59.0 Å². The van der Waals surface area contributed by atoms with Crippen molar-refractivity contribution in [1.29, 1.82) is 0 Å². The smallest absolute Gasteiger partial charge is 0.425 e. The highest BCUT2D eigenvalue weighted by Gasteiger charge is 2.36. The van der Waals surface area contributed by atoms with Crippen LogP contribution in [0.2, 0.25) is 6.82 Å². The molecular weight excluding hydrogens is 334 g/mol. The lowest BCUT2D eigenvalue weighted by atomic mass is 9.82. The monoisotopic (exact) mass is 351 g/mol. The predicted molar refractivity (Wildman–Crippen MR) is 79.7 cm³/mol. The summed E-state index contributed by atoms with van der Waals surface area (Å²) in [5.74, 6) is -0.938. The summed E-state index contributed by atoms with van der Waals surface area (Å²) in [6.45, 7) is 2.81. The Morgan fingerprint density at radius 2 is 2.04 bits per heavy atom. The molecule has 2 heterocycles. The number of halogens is 3. The number of hydrogen-bond acceptors (Lipinski definition) is 6. The van der Waals surface area contributed by atoms with Crippen LogP contribution in [0.4, 0.5) is 13.2 Å². The van der Waals surface area contributed by atoms with Crippen LogP contribution < -0.4 is 4.74 Å². The molecule has 5 nitrogen and oxygen atoms in total. The van der Waals surface area contributed by atoms with Crippen molar-refractivity contribution < 1.29 is 32.5 Å². The fraction of sp³-hybridized carbons (Fsp3) is 0.615. The molecule has 1 aliphatic heterocycles. The van der Waals surface area contributed by atoms with Crippen LogP contribution in [0.3, 0.4) is 0 Å². The van der Waals surface area contributed by atoms with Crippen molar-refractivity contribution in [2.24, 2.45) is 0 Å². The number of piperidine rings is 1. The maximum Gasteiger partial charge on any atom is 0.425 e. The fourth-order valence-electron chi connectivity index (χ4n) is 2.38. The molecule has 1 aromatic heterocycles. The van der Waals surface area contributed by atoms with Crippen LogP contribution in [0.1, 0.15) is 27.4 Å². The van der Waals surface area contributed by atoms with Gasteiger partial charge in [-0.1, -0.05) is 0 Å². The zero-order chi connectivity index (χ0) is 17.2. The van der Waals surface area contributed by atoms with Crippen molar-refractivity contribution in [3.05, 3.63) is 15.8 Å². The third-order valence-electron chi connectivity index (χ3n) is 3.65. The molecule has 10 heteroatoms. The van der Waals surface area contributed by atoms with Crippen molar-refractivity contribution >= 4 is 24.4 Å². The van der Waals surface area contributed by atoms with Crippen LogP contribution in [-0.4, -0.2) is 49.2 Å². The summed E-state index contributed by atoms with van der Waals surface area (Å²) in [5, 5.41) is 9.50. The van der Waals surface area contributed by atoms with Gasteiger partial charge in [-0.15, -0.1) is 11.3 Å². The standard InChI is InChI=1S/C13H17BF3NO4S/c1-14(20)18-5-3-8(4-6-18)22-9-7-10(13(15,16)17)23-11(9)12(19)21-2/h7-8,20H,3-6H2,1-2H3. The van der Waals surface area contributed by atoms with E-state index in [0.29, 0.717) is 37.3 Å². The highest BCUT2D eigenvalue weighted by atomic mass is 32.1. The minimum absolute atomic E-state index is 0.0929. The number of rotatable bonds is 4. The zero-order valence-corrected chi connectivity index (χ0v) is 13.5. The van der Waals surface area contributed by atoms with Gasteiger partial charge in [-0.2, -0.15) is 13.2 Å². The fourth-order valence-corrected chi connectivity index (χ4v) is 3.26. The highest BCUT2D eigenvalue weighted by Crippen LogP contribution is 2.41. The first-order chi connectivity index (χ1) is 10.7. The predicted octanol–water partition coefficient (Wildman–Crippen LogP) is 2.51. The summed E-state index contributed by atoms with van der Waals surface area (Å²) < 4.78 is 48.6. The molecule has 0 aromatic carbocycles. The van der Waals surface area contributed by atoms with Crippen molar-refractivity contribution in [3.8, 4) is 5.75 Å². The first-order valence-corrected chi connectivity index (χ1v) is 7.92. The Bertz CT molecular complexity index is 556. The Morgan fingerprint density at radius 1 is 1.43 bits per heavy atom. The molecule has 0 aliphatic carbocycles. The van der Waals surface area contributed by atoms with Gasteiger partial charge in [-0.3, -0.25) is 0 Å². The number of alkyl halides is 3. The molecule has 1 fully saturated rings. The van der Waals surface area contributed by atoms with Gasteiger partial charge in [0.15, 0.2) is 4.88 Å². The summed E-state index contributed by atoms with van der Waals surface area (Å²) >= 11 is 0.318. The van der Waals surface area contributed by atoms with Gasteiger partial charge < -0.3 is 19.3 Å². The molecule has 128 valence electrons. The normalized spacial score (nSPS) is 17.1. The molecule has 1 aromatic rings. The number of ether oxygens (including phenoxy) is 2. The number of esters is 1. The van der Waals surface area contributed by atoms with E-state index < -0.39 is 24.1 Å². The summed E-state index contributed by atoms with van der Waals surface area (Å²) in [6.07, 6.45) is -3.72. The number of methoxy groups -OCH3 is 1. The van der Waals surface area contributed by atoms with E-state index in [2.05, 4.69) is 4.74 Å². The van der Waals surface area contributed by atoms with Crippen molar-refractivity contribution in [2.75, 3.05) is 20.2 Å². The van der Waals surface area contributed by atoms with Crippen molar-refractivity contribution in [1.82, 2.24) is 4.81 Å². The summed E-state index contributed by atoms with van der Waals surface area (Å²) in [7, 11) is 0.541. The minimum Gasteiger partial charge on any atom is -0.489 e. The third kappa shape index (κ3) is 4.39. The second kappa shape index (κ2) is 7.10. The van der Waals surface area contributed by atoms with E-state index >= 15 is 0 Å². The first-order valence-electron chi connectivity index (χ1n) is 7.10. The Morgan fingerprint density at radius 3 is 2.52 bits per heavy atom. The lowest BCUT2D eigenvalue weighted by molar-refractivity contribution is -0.134. The summed E-state index contributed by atoms with van der Waals surface area (Å²) in [5.41, 5.74) is 0. The molecule has 0 saturated carbocycles. The van der Waals surface area contributed by atoms with Crippen molar-refractivity contribution in [3.63, 3.8) is 0 Å². The summed E-state index contributed by atoms with van der Waals surface area (Å²) in [6, 6.07) is 0.845. The van der Waals surface area contributed by atoms with E-state index in [1.54, 1.807) is 6.82 Å². The van der Waals surface area contributed by atoms with E-state index in [0.717, 1.165) is 13.2 Å². The maximum absolute atomic E-state index is 12.8. The van der Waals surface area contributed by atoms with Gasteiger partial charge >= 0.3 is 19.2 Å². The van der Waals surface area contributed by atoms with Crippen LogP contribution in [0.15, 0.2) is 6.07 Å². The van der Waals surface area contributed by atoms with E-state index in [1.165, 1.54) is 0 Å². The van der Waals surface area contributed by atoms with Gasteiger partial charge in [0.1, 0.15) is 16.7 Å². The molecule has 0 atom stereocenters. The summed E-state index contributed by atoms with van der Waals surface area (Å²) in [4.78, 5) is 12.4. The number of hydrogen-bond donors (Lipinski definition) is 1. The Balaban J connectivity index is 2.13. The second-order valence-corrected chi connectivity index (χ2v) is 6.33. The lowest BCUT2D eigenvalue weighted by Gasteiger charge is -2.32. The number of carbonyl (C=O) groups excluding carboxylic acids is 1. The van der Waals surface area contributed by atoms with E-state index in [1.807, 2.05) is 4.81 Å². The van der Waals surface area contributed by atoms with Gasteiger partial charge in [0, 0.05) is 6.07 Å². The Hall–Kier alpha value is -1.26. The van der Waals surface area contributed by atoms with Gasteiger partial charge in [0.05, 0.1) is 7.11 Å². The van der Waals surface area contributed by atoms with Crippen LogP contribution >= 0.6 is 11.3 Å². The van der Waals surface area contributed by atoms with E-state index in [9.17, 15) is 23.0 Å². The SMILES string of the molecule is COC(=O)c1sc(C(F)(F)F)cc1OC1CCN(B(C)O)CC1. The number of nitrogens with zero attached hydrogens (tertiary/aromatic N) is 1. The largest absolute Gasteiger partial charge is 0.489 e. The van der Waals surface area contributed by atoms with E-state index in [-0.39, 0.29) is 16.7 Å². The maximum atomic E-state index is 12.8. The average molecular weight is 351 g/mol. The highest BCUT2D eigenvalue weighted by molar-refractivity contribution is 7.14. The van der Waals surface area contributed by atoms with Gasteiger partial charge in [-0.25, -0.2) is 4.79 Å². The molecule has 0 bridgehead atoms. The van der Waals surface area contributed by atoms with E-state index in [4.69, 9.17) is 4.74 Å². The lowest BCUT2D eigenvalue weighted by Crippen LogP contribution is -2.45. The average Bonchev–Trinajstić information content (AvgIpc) is 2.91. The molecule has 1 saturated heterocycles. The molecule has 0 amide bonds. The Labute approximate surface area is 136 Å². The third-order valence-corrected chi connectivity index (χ3v) is 4.79. The first kappa shape index (κ1) is 18.1. The van der Waals surface area contributed by atoms with Crippen molar-refractivity contribution in [2.45, 2.75) is 31.9 Å². The van der Waals surface area contributed by atoms with Gasteiger partial charge in [-0.05, 0) is 32.8 Å². The molecule has 0 unspecified atom stereocenters. The minimum atomic E-state index is -4.54. The molecule has 0 radical (unpaired) electrons. The second-order valence-electron chi connectivity index (χ2n) is 5.28. The quantitative estimate of drug-likeness (QED) is 0.667. The molecule has 0 spiro atoms. The molecule has 1 N–H and O–H groups in total. The van der Waals surface area contributed by atoms with Gasteiger partial charge in [0.2, 0.25) is 0 Å². The Kier molecular flexibility index (Phi) is 5.59.